The maximum absolute atomic E-state index is 11.4. The zero-order valence-corrected chi connectivity index (χ0v) is 9.99. The zero-order chi connectivity index (χ0) is 9.68. The fourth-order valence-corrected chi connectivity index (χ4v) is 1.08. The van der Waals surface area contributed by atoms with E-state index in [1.54, 1.807) is 12.1 Å². The summed E-state index contributed by atoms with van der Waals surface area (Å²) >= 11 is 1.06. The Balaban J connectivity index is 2.59. The number of esters is 1. The van der Waals surface area contributed by atoms with Gasteiger partial charge in [-0.05, 0) is 0 Å². The molecule has 0 aliphatic rings. The van der Waals surface area contributed by atoms with E-state index in [1.165, 1.54) is 0 Å². The van der Waals surface area contributed by atoms with E-state index < -0.39 is 0 Å². The number of benzene rings is 1. The molecule has 0 heterocycles. The normalized spacial score (nSPS) is 12.2. The first kappa shape index (κ1) is 10.8. The number of hydrogen-bond donors (Lipinski definition) is 0. The van der Waals surface area contributed by atoms with Crippen LogP contribution in [0.15, 0.2) is 30.3 Å². The molecular formula is C10H11NaO2. The average molecular weight is 186 g/mol. The van der Waals surface area contributed by atoms with Gasteiger partial charge in [-0.25, -0.2) is 0 Å². The molecule has 64 valence electrons. The summed E-state index contributed by atoms with van der Waals surface area (Å²) < 4.78 is 6.17. The number of hydrogen-bond acceptors (Lipinski definition) is 2. The van der Waals surface area contributed by atoms with Gasteiger partial charge < -0.3 is 0 Å². The molecule has 0 amide bonds. The van der Waals surface area contributed by atoms with E-state index in [2.05, 4.69) is 0 Å². The van der Waals surface area contributed by atoms with Crippen LogP contribution >= 0.6 is 0 Å². The van der Waals surface area contributed by atoms with Crippen molar-refractivity contribution in [3.63, 3.8) is 0 Å². The van der Waals surface area contributed by atoms with Crippen molar-refractivity contribution in [2.24, 2.45) is 0 Å². The molecule has 1 atom stereocenters. The van der Waals surface area contributed by atoms with Gasteiger partial charge in [0.05, 0.1) is 0 Å². The van der Waals surface area contributed by atoms with Crippen LogP contribution in [0.4, 0.5) is 0 Å². The number of rotatable bonds is 3. The molecule has 0 saturated heterocycles. The second kappa shape index (κ2) is 5.43. The van der Waals surface area contributed by atoms with Gasteiger partial charge in [0.1, 0.15) is 0 Å². The number of carbonyl (C=O) groups excluding carboxylic acids is 1. The van der Waals surface area contributed by atoms with Crippen LogP contribution in [0.1, 0.15) is 17.3 Å². The van der Waals surface area contributed by atoms with Crippen molar-refractivity contribution in [2.45, 2.75) is 16.7 Å². The number of carbonyl (C=O) groups is 1. The Hall–Kier alpha value is -0.310. The van der Waals surface area contributed by atoms with Gasteiger partial charge >= 0.3 is 96.0 Å². The van der Waals surface area contributed by atoms with Crippen LogP contribution < -0.4 is 0 Å². The first-order valence-corrected chi connectivity index (χ1v) is 5.91. The molecule has 0 saturated carbocycles. The molecule has 1 aromatic rings. The van der Waals surface area contributed by atoms with Crippen LogP contribution in [0.2, 0.25) is 3.67 Å². The Morgan fingerprint density at radius 3 is 2.62 bits per heavy atom. The first-order valence-electron chi connectivity index (χ1n) is 4.50. The van der Waals surface area contributed by atoms with Gasteiger partial charge in [0.15, 0.2) is 0 Å². The predicted octanol–water partition coefficient (Wildman–Crippen LogP) is 1.82. The number of ether oxygens (including phenoxy) is 1. The molecule has 2 nitrogen and oxygen atoms in total. The summed E-state index contributed by atoms with van der Waals surface area (Å²) in [6.45, 7) is 1.92. The van der Waals surface area contributed by atoms with E-state index in [0.717, 1.165) is 31.6 Å². The van der Waals surface area contributed by atoms with Crippen molar-refractivity contribution in [3.05, 3.63) is 35.9 Å². The third-order valence-corrected chi connectivity index (χ3v) is 3.04. The van der Waals surface area contributed by atoms with Crippen molar-refractivity contribution in [3.8, 4) is 0 Å². The van der Waals surface area contributed by atoms with Gasteiger partial charge in [0, 0.05) is 0 Å². The van der Waals surface area contributed by atoms with E-state index in [4.69, 9.17) is 4.74 Å². The SMILES string of the molecule is CC([CH2][Na])OC(=O)c1ccccc1. The molecular weight excluding hydrogens is 175 g/mol. The quantitative estimate of drug-likeness (QED) is 0.531. The van der Waals surface area contributed by atoms with E-state index in [1.807, 2.05) is 25.1 Å². The molecule has 3 heteroatoms. The zero-order valence-electron chi connectivity index (χ0n) is 7.99. The molecule has 0 N–H and O–H groups in total. The fraction of sp³-hybridized carbons (Fsp3) is 0.300. The summed E-state index contributed by atoms with van der Waals surface area (Å²) in [6, 6.07) is 9.08. The summed E-state index contributed by atoms with van der Waals surface area (Å²) in [5, 5.41) is 0. The first-order chi connectivity index (χ1) is 6.24. The molecule has 0 radical (unpaired) electrons. The summed E-state index contributed by atoms with van der Waals surface area (Å²) in [7, 11) is 0. The Morgan fingerprint density at radius 2 is 2.08 bits per heavy atom. The van der Waals surface area contributed by atoms with Crippen molar-refractivity contribution < 1.29 is 9.53 Å². The van der Waals surface area contributed by atoms with Crippen LogP contribution in [-0.2, 0) is 4.74 Å². The monoisotopic (exact) mass is 186 g/mol. The van der Waals surface area contributed by atoms with Crippen molar-refractivity contribution in [2.75, 3.05) is 0 Å². The summed E-state index contributed by atoms with van der Waals surface area (Å²) in [5.74, 6) is -0.219. The molecule has 0 bridgehead atoms. The molecule has 0 aliphatic heterocycles. The molecule has 0 spiro atoms. The van der Waals surface area contributed by atoms with Gasteiger partial charge in [-0.3, -0.25) is 0 Å². The van der Waals surface area contributed by atoms with Gasteiger partial charge in [-0.15, -0.1) is 0 Å². The Bertz CT molecular complexity index is 272. The van der Waals surface area contributed by atoms with E-state index in [-0.39, 0.29) is 12.1 Å². The third kappa shape index (κ3) is 3.51. The van der Waals surface area contributed by atoms with Crippen LogP contribution in [-0.4, -0.2) is 40.0 Å². The van der Waals surface area contributed by atoms with Crippen molar-refractivity contribution in [1.82, 2.24) is 0 Å². The Morgan fingerprint density at radius 1 is 1.46 bits per heavy atom. The minimum atomic E-state index is -0.219. The van der Waals surface area contributed by atoms with E-state index in [9.17, 15) is 4.79 Å². The second-order valence-electron chi connectivity index (χ2n) is 2.99. The summed E-state index contributed by atoms with van der Waals surface area (Å²) in [6.07, 6.45) is 0.0550. The Labute approximate surface area is 95.7 Å². The van der Waals surface area contributed by atoms with Crippen LogP contribution in [0, 0.1) is 0 Å². The van der Waals surface area contributed by atoms with Crippen molar-refractivity contribution in [1.29, 1.82) is 0 Å². The summed E-state index contributed by atoms with van der Waals surface area (Å²) in [5.41, 5.74) is 0.629. The summed E-state index contributed by atoms with van der Waals surface area (Å²) in [4.78, 5) is 11.4. The van der Waals surface area contributed by atoms with Crippen LogP contribution in [0.5, 0.6) is 0 Å². The molecule has 1 unspecified atom stereocenters. The molecule has 0 aromatic heterocycles. The minimum absolute atomic E-state index is 0.0550. The standard InChI is InChI=1S/C10H11O2.Na/c1-8(2)12-10(11)9-6-4-3-5-7-9;/h3-8H,1H2,2H3;. The van der Waals surface area contributed by atoms with Gasteiger partial charge in [0.2, 0.25) is 0 Å². The van der Waals surface area contributed by atoms with Gasteiger partial charge in [0.25, 0.3) is 0 Å². The topological polar surface area (TPSA) is 26.3 Å². The molecule has 1 aromatic carbocycles. The molecule has 0 fully saturated rings. The van der Waals surface area contributed by atoms with Crippen LogP contribution in [0.25, 0.3) is 0 Å². The van der Waals surface area contributed by atoms with Crippen molar-refractivity contribution >= 4 is 33.9 Å². The fourth-order valence-electron chi connectivity index (χ4n) is 0.908. The second-order valence-corrected chi connectivity index (χ2v) is 3.81. The molecule has 13 heavy (non-hydrogen) atoms. The predicted molar refractivity (Wildman–Crippen MR) is 51.9 cm³/mol. The van der Waals surface area contributed by atoms with Gasteiger partial charge in [-0.2, -0.15) is 0 Å². The average Bonchev–Trinajstić information content (AvgIpc) is 2.19. The van der Waals surface area contributed by atoms with Crippen LogP contribution in [0.3, 0.4) is 0 Å². The van der Waals surface area contributed by atoms with E-state index in [0.29, 0.717) is 5.56 Å². The maximum atomic E-state index is 11.4. The third-order valence-electron chi connectivity index (χ3n) is 1.89. The Kier molecular flexibility index (Phi) is 4.50. The van der Waals surface area contributed by atoms with Gasteiger partial charge in [-0.1, -0.05) is 0 Å². The van der Waals surface area contributed by atoms with E-state index >= 15 is 0 Å². The molecule has 0 aliphatic carbocycles. The molecule has 1 rings (SSSR count).